The van der Waals surface area contributed by atoms with E-state index in [1.807, 2.05) is 0 Å². The van der Waals surface area contributed by atoms with Crippen LogP contribution >= 0.6 is 15.6 Å². The maximum Gasteiger partial charge on any atom is 0.472 e. The number of nitrogens with zero attached hydrogens (tertiary/aromatic N) is 7. The highest BCUT2D eigenvalue weighted by atomic mass is 31.2. The SMILES string of the molecule is Nc1ccn([C@@H]2O[C@H](COP(=O)(O)O)[C@@H](OP(=O)(O)OC[C@H]3O[C@@H](n4cnc5c(N)ncnc54)[C@H](O)[C@@H]3OC(=O)[C@H](Cc3cccnc3)NC(=O)OCc3ccc(NC(=O)Cc4ccc(F)cc4)cc3)[C@H]2OC2CCCO2)c(=O)n1. The van der Waals surface area contributed by atoms with Crippen molar-refractivity contribution in [2.45, 2.75) is 93.7 Å². The fourth-order valence-corrected chi connectivity index (χ4v) is 10.1. The molecule has 0 bridgehead atoms. The molecule has 2 aromatic carbocycles. The first-order valence-electron chi connectivity index (χ1n) is 24.3. The van der Waals surface area contributed by atoms with E-state index in [-0.39, 0.29) is 54.8 Å². The third-order valence-electron chi connectivity index (χ3n) is 12.5. The molecule has 2 unspecified atom stereocenters. The minimum atomic E-state index is -5.50. The molecule has 3 fully saturated rings. The van der Waals surface area contributed by atoms with Gasteiger partial charge in [0.2, 0.25) is 5.91 Å². The quantitative estimate of drug-likeness (QED) is 0.0354. The summed E-state index contributed by atoms with van der Waals surface area (Å²) in [4.78, 5) is 104. The lowest BCUT2D eigenvalue weighted by Crippen LogP contribution is -2.47. The van der Waals surface area contributed by atoms with Gasteiger partial charge in [0, 0.05) is 43.7 Å². The summed E-state index contributed by atoms with van der Waals surface area (Å²) in [5, 5.41) is 17.2. The number of hydrogen-bond acceptors (Lipinski definition) is 23. The molecular weight excluding hydrogens is 1100 g/mol. The third kappa shape index (κ3) is 14.6. The van der Waals surface area contributed by atoms with Gasteiger partial charge in [0.1, 0.15) is 66.6 Å². The topological polar surface area (TPSA) is 417 Å². The lowest BCUT2D eigenvalue weighted by atomic mass is 10.1. The van der Waals surface area contributed by atoms with Crippen molar-refractivity contribution in [2.75, 3.05) is 36.6 Å². The van der Waals surface area contributed by atoms with Crippen LogP contribution in [-0.4, -0.2) is 141 Å². The number of ether oxygens (including phenoxy) is 6. The molecule has 6 aromatic rings. The monoisotopic (exact) mass is 1160 g/mol. The molecule has 3 saturated heterocycles. The van der Waals surface area contributed by atoms with Gasteiger partial charge in [-0.15, -0.1) is 0 Å². The Morgan fingerprint density at radius 1 is 0.875 bits per heavy atom. The zero-order valence-corrected chi connectivity index (χ0v) is 43.4. The van der Waals surface area contributed by atoms with Crippen molar-refractivity contribution in [1.29, 1.82) is 0 Å². The van der Waals surface area contributed by atoms with Gasteiger partial charge in [0.15, 0.2) is 36.3 Å². The zero-order valence-electron chi connectivity index (χ0n) is 41.6. The predicted octanol–water partition coefficient (Wildman–Crippen LogP) is 1.70. The van der Waals surface area contributed by atoms with Gasteiger partial charge < -0.3 is 70.3 Å². The van der Waals surface area contributed by atoms with E-state index in [0.29, 0.717) is 35.2 Å². The molecule has 3 aliphatic heterocycles. The summed E-state index contributed by atoms with van der Waals surface area (Å²) in [5.41, 5.74) is 12.9. The summed E-state index contributed by atoms with van der Waals surface area (Å²) in [5.74, 6) is -2.16. The Kier molecular flexibility index (Phi) is 18.0. The number of benzene rings is 2. The first-order valence-corrected chi connectivity index (χ1v) is 27.3. The predicted molar refractivity (Wildman–Crippen MR) is 269 cm³/mol. The average Bonchev–Trinajstić information content (AvgIpc) is 4.30. The highest BCUT2D eigenvalue weighted by Gasteiger charge is 2.54. The second-order valence-corrected chi connectivity index (χ2v) is 20.8. The van der Waals surface area contributed by atoms with Crippen LogP contribution in [0.3, 0.4) is 0 Å². The number of fused-ring (bicyclic) bond motifs is 1. The number of alkyl carbamates (subject to hydrolysis) is 1. The molecule has 10 N–H and O–H groups in total. The number of aliphatic hydroxyl groups is 1. The van der Waals surface area contributed by atoms with Crippen LogP contribution < -0.4 is 27.8 Å². The number of amides is 2. The number of aromatic nitrogens is 7. The smallest absolute Gasteiger partial charge is 0.455 e. The number of nitrogens with one attached hydrogen (secondary N) is 2. The maximum atomic E-state index is 14.4. The number of phosphoric ester groups is 2. The van der Waals surface area contributed by atoms with Crippen LogP contribution in [0.15, 0.2) is 103 Å². The lowest BCUT2D eigenvalue weighted by Gasteiger charge is -2.29. The number of phosphoric acid groups is 2. The maximum absolute atomic E-state index is 14.4. The summed E-state index contributed by atoms with van der Waals surface area (Å²) < 4.78 is 92.6. The van der Waals surface area contributed by atoms with Crippen molar-refractivity contribution < 1.29 is 89.7 Å². The number of esters is 1. The van der Waals surface area contributed by atoms with E-state index in [0.717, 1.165) is 10.9 Å². The van der Waals surface area contributed by atoms with Crippen molar-refractivity contribution in [3.8, 4) is 0 Å². The van der Waals surface area contributed by atoms with Crippen LogP contribution in [0.5, 0.6) is 0 Å². The fourth-order valence-electron chi connectivity index (χ4n) is 8.77. The standard InChI is InChI=1S/C47H52FN11O19P2/c48-28-9-5-25(6-10-28)18-34(60)55-29-11-7-26(8-12-29)20-71-47(64)56-30(17-27-3-1-14-51-19-27)45(62)77-38-31(74-43(37(38)61)59-24-54-36-41(50)52-23-53-42(36)59)22-73-80(68,69)78-39-32(21-72-79(65,66)67)75-44(40(39)76-35-4-2-16-70-35)58-15-13-33(49)57-46(58)63/h1,3,5-15,19,23-24,30-32,35,37-40,43-44,61H,2,4,16-18,20-22H2,(H,55,60)(H,56,64)(H,68,69)(H2,49,57,63)(H2,50,52,53)(H2,65,66,67)/t30-,31+,32+,35?,37+,38+,39+,40+,43+,44+/m0/s1. The van der Waals surface area contributed by atoms with E-state index >= 15 is 0 Å². The van der Waals surface area contributed by atoms with Crippen LogP contribution in [0.1, 0.15) is 42.0 Å². The van der Waals surface area contributed by atoms with Crippen molar-refractivity contribution in [1.82, 2.24) is 39.4 Å². The number of nitrogens with two attached hydrogens (primary N) is 2. The highest BCUT2D eigenvalue weighted by Crippen LogP contribution is 2.51. The van der Waals surface area contributed by atoms with E-state index in [2.05, 4.69) is 35.6 Å². The number of anilines is 3. The van der Waals surface area contributed by atoms with Crippen LogP contribution in [0.25, 0.3) is 11.2 Å². The van der Waals surface area contributed by atoms with Crippen molar-refractivity contribution in [3.63, 3.8) is 0 Å². The summed E-state index contributed by atoms with van der Waals surface area (Å²) in [6, 6.07) is 14.7. The molecule has 7 heterocycles. The van der Waals surface area contributed by atoms with E-state index in [1.54, 1.807) is 36.4 Å². The number of nitrogen functional groups attached to an aromatic ring is 2. The minimum Gasteiger partial charge on any atom is -0.455 e. The molecule has 0 radical (unpaired) electrons. The van der Waals surface area contributed by atoms with Gasteiger partial charge in [-0.1, -0.05) is 30.3 Å². The first-order chi connectivity index (χ1) is 38.3. The molecule has 0 saturated carbocycles. The summed E-state index contributed by atoms with van der Waals surface area (Å²) >= 11 is 0. The molecule has 3 aliphatic rings. The zero-order chi connectivity index (χ0) is 56.7. The number of carbonyl (C=O) groups excluding carboxylic acids is 3. The summed E-state index contributed by atoms with van der Waals surface area (Å²) in [6.45, 7) is -2.05. The second-order valence-electron chi connectivity index (χ2n) is 18.2. The summed E-state index contributed by atoms with van der Waals surface area (Å²) in [7, 11) is -10.7. The van der Waals surface area contributed by atoms with Crippen LogP contribution in [-0.2, 0) is 80.2 Å². The number of hydrogen-bond donors (Lipinski definition) is 8. The highest BCUT2D eigenvalue weighted by molar-refractivity contribution is 7.47. The molecule has 30 nitrogen and oxygen atoms in total. The van der Waals surface area contributed by atoms with Crippen LogP contribution in [0.2, 0.25) is 0 Å². The molecule has 2 amide bonds. The molecule has 11 atom stereocenters. The minimum absolute atomic E-state index is 0.00554. The van der Waals surface area contributed by atoms with E-state index in [4.69, 9.17) is 53.5 Å². The van der Waals surface area contributed by atoms with Gasteiger partial charge in [-0.3, -0.25) is 32.5 Å². The molecule has 426 valence electrons. The van der Waals surface area contributed by atoms with Gasteiger partial charge in [-0.2, -0.15) is 4.98 Å². The normalized spacial score (nSPS) is 24.0. The van der Waals surface area contributed by atoms with Crippen LogP contribution in [0.4, 0.5) is 26.5 Å². The van der Waals surface area contributed by atoms with Crippen molar-refractivity contribution >= 4 is 62.1 Å². The Bertz CT molecular complexity index is 3300. The molecule has 80 heavy (non-hydrogen) atoms. The number of imidazole rings is 1. The number of rotatable bonds is 22. The molecule has 4 aromatic heterocycles. The van der Waals surface area contributed by atoms with Gasteiger partial charge in [0.25, 0.3) is 0 Å². The molecule has 0 aliphatic carbocycles. The van der Waals surface area contributed by atoms with Crippen molar-refractivity contribution in [3.05, 3.63) is 131 Å². The number of pyridine rings is 1. The Morgan fingerprint density at radius 3 is 2.33 bits per heavy atom. The number of aliphatic hydroxyl groups excluding tert-OH is 1. The largest absolute Gasteiger partial charge is 0.472 e. The Hall–Kier alpha value is -7.22. The molecule has 0 spiro atoms. The molecule has 9 rings (SSSR count). The van der Waals surface area contributed by atoms with Gasteiger partial charge in [-0.25, -0.2) is 42.9 Å². The Labute approximate surface area is 451 Å². The molecule has 33 heteroatoms. The number of carbonyl (C=O) groups is 3. The van der Waals surface area contributed by atoms with Gasteiger partial charge >= 0.3 is 33.4 Å². The molecular formula is C47H52FN11O19P2. The first kappa shape index (κ1) is 57.5. The number of halogens is 1. The van der Waals surface area contributed by atoms with E-state index in [9.17, 15) is 52.5 Å². The van der Waals surface area contributed by atoms with E-state index < -0.39 is 114 Å². The summed E-state index contributed by atoms with van der Waals surface area (Å²) in [6.07, 6.45) is -8.55. The average molecular weight is 1160 g/mol. The van der Waals surface area contributed by atoms with Crippen molar-refractivity contribution in [2.24, 2.45) is 0 Å². The Balaban J connectivity index is 0.926. The fraction of sp³-hybridized carbons (Fsp3) is 0.383. The third-order valence-corrected chi connectivity index (χ3v) is 14.0. The van der Waals surface area contributed by atoms with E-state index in [1.165, 1.54) is 59.8 Å². The Morgan fingerprint density at radius 2 is 1.61 bits per heavy atom. The van der Waals surface area contributed by atoms with Gasteiger partial charge in [0.05, 0.1) is 26.0 Å². The lowest BCUT2D eigenvalue weighted by molar-refractivity contribution is -0.181. The second kappa shape index (κ2) is 25.1. The van der Waals surface area contributed by atoms with Crippen LogP contribution in [0, 0.1) is 5.82 Å². The van der Waals surface area contributed by atoms with Gasteiger partial charge in [-0.05, 0) is 59.5 Å².